The van der Waals surface area contributed by atoms with Gasteiger partial charge in [0.15, 0.2) is 0 Å². The number of nitrogens with zero attached hydrogens (tertiary/aromatic N) is 1. The molecule has 1 aromatic heterocycles. The highest BCUT2D eigenvalue weighted by atomic mass is 35.5. The Hall–Kier alpha value is -1.77. The van der Waals surface area contributed by atoms with Crippen molar-refractivity contribution in [2.75, 3.05) is 0 Å². The maximum Gasteiger partial charge on any atom is 0.125 e. The van der Waals surface area contributed by atoms with Gasteiger partial charge in [-0.1, -0.05) is 42.3 Å². The van der Waals surface area contributed by atoms with E-state index in [0.717, 1.165) is 45.6 Å². The largest absolute Gasteiger partial charge is 0.507 e. The van der Waals surface area contributed by atoms with Crippen molar-refractivity contribution in [2.45, 2.75) is 26.7 Å². The Morgan fingerprint density at radius 1 is 1.00 bits per heavy atom. The van der Waals surface area contributed by atoms with Crippen molar-refractivity contribution in [1.29, 1.82) is 0 Å². The summed E-state index contributed by atoms with van der Waals surface area (Å²) in [6.45, 7) is 4.07. The summed E-state index contributed by atoms with van der Waals surface area (Å²) in [5.74, 6) is 0.228. The van der Waals surface area contributed by atoms with Crippen molar-refractivity contribution >= 4 is 34.1 Å². The number of fused-ring (bicyclic) bond motifs is 1. The normalized spacial score (nSPS) is 11.1. The fourth-order valence-electron chi connectivity index (χ4n) is 3.00. The molecule has 2 aromatic carbocycles. The lowest BCUT2D eigenvalue weighted by molar-refractivity contribution is 0.481. The Kier molecular flexibility index (Phi) is 4.47. The lowest BCUT2D eigenvalue weighted by atomic mass is 9.93. The van der Waals surface area contributed by atoms with Gasteiger partial charge in [0, 0.05) is 16.1 Å². The molecule has 0 fully saturated rings. The molecule has 0 saturated carbocycles. The fourth-order valence-corrected chi connectivity index (χ4v) is 3.32. The molecular formula is C19H17Cl2NO. The maximum atomic E-state index is 10.3. The minimum absolute atomic E-state index is 0.228. The summed E-state index contributed by atoms with van der Waals surface area (Å²) in [5, 5.41) is 12.4. The summed E-state index contributed by atoms with van der Waals surface area (Å²) in [4.78, 5) is 4.64. The second-order valence-electron chi connectivity index (χ2n) is 5.60. The van der Waals surface area contributed by atoms with Gasteiger partial charge in [0.05, 0.1) is 10.5 Å². The lowest BCUT2D eigenvalue weighted by Crippen LogP contribution is -2.03. The molecule has 0 aliphatic heterocycles. The Labute approximate surface area is 145 Å². The van der Waals surface area contributed by atoms with Gasteiger partial charge in [0.25, 0.3) is 0 Å². The van der Waals surface area contributed by atoms with Crippen LogP contribution in [-0.4, -0.2) is 10.1 Å². The van der Waals surface area contributed by atoms with Crippen LogP contribution in [-0.2, 0) is 12.8 Å². The third kappa shape index (κ3) is 3.01. The van der Waals surface area contributed by atoms with Gasteiger partial charge >= 0.3 is 0 Å². The number of hydrogen-bond acceptors (Lipinski definition) is 2. The Morgan fingerprint density at radius 2 is 1.70 bits per heavy atom. The molecule has 0 saturated heterocycles. The van der Waals surface area contributed by atoms with E-state index < -0.39 is 0 Å². The topological polar surface area (TPSA) is 33.1 Å². The molecule has 2 nitrogen and oxygen atoms in total. The van der Waals surface area contributed by atoms with Gasteiger partial charge < -0.3 is 5.11 Å². The summed E-state index contributed by atoms with van der Waals surface area (Å²) in [6, 6.07) is 11.1. The quantitative estimate of drug-likeness (QED) is 0.659. The standard InChI is InChI=1S/C19H17Cl2NO/c1-3-14-15(10-12-4-6-13(20)7-5-12)11(2)22-19-16(21)8-9-17(23)18(14)19/h4-9,23H,3,10H2,1-2H3. The summed E-state index contributed by atoms with van der Waals surface area (Å²) in [7, 11) is 0. The summed E-state index contributed by atoms with van der Waals surface area (Å²) >= 11 is 12.2. The summed E-state index contributed by atoms with van der Waals surface area (Å²) in [6.07, 6.45) is 1.55. The molecule has 118 valence electrons. The second kappa shape index (κ2) is 6.38. The van der Waals surface area contributed by atoms with Crippen molar-refractivity contribution in [1.82, 2.24) is 4.98 Å². The first-order chi connectivity index (χ1) is 11.0. The van der Waals surface area contributed by atoms with Gasteiger partial charge in [-0.05, 0) is 60.7 Å². The van der Waals surface area contributed by atoms with E-state index in [4.69, 9.17) is 23.2 Å². The number of aryl methyl sites for hydroxylation is 2. The van der Waals surface area contributed by atoms with E-state index in [1.165, 1.54) is 0 Å². The third-order valence-corrected chi connectivity index (χ3v) is 4.69. The number of hydrogen-bond donors (Lipinski definition) is 1. The van der Waals surface area contributed by atoms with Gasteiger partial charge in [0.1, 0.15) is 5.75 Å². The first kappa shape index (κ1) is 16.1. The molecule has 4 heteroatoms. The maximum absolute atomic E-state index is 10.3. The highest BCUT2D eigenvalue weighted by molar-refractivity contribution is 6.35. The predicted octanol–water partition coefficient (Wildman–Crippen LogP) is 5.71. The molecule has 23 heavy (non-hydrogen) atoms. The average molecular weight is 346 g/mol. The number of phenols is 1. The van der Waals surface area contributed by atoms with E-state index in [-0.39, 0.29) is 5.75 Å². The molecule has 3 rings (SSSR count). The van der Waals surface area contributed by atoms with Crippen LogP contribution in [0.15, 0.2) is 36.4 Å². The number of benzene rings is 2. The van der Waals surface area contributed by atoms with Crippen LogP contribution in [0.25, 0.3) is 10.9 Å². The molecule has 0 spiro atoms. The van der Waals surface area contributed by atoms with Crippen molar-refractivity contribution in [3.8, 4) is 5.75 Å². The molecular weight excluding hydrogens is 329 g/mol. The number of phenolic OH excluding ortho intramolecular Hbond substituents is 1. The molecule has 0 bridgehead atoms. The predicted molar refractivity (Wildman–Crippen MR) is 96.8 cm³/mol. The van der Waals surface area contributed by atoms with Crippen LogP contribution in [0.3, 0.4) is 0 Å². The highest BCUT2D eigenvalue weighted by Gasteiger charge is 2.16. The van der Waals surface area contributed by atoms with Crippen LogP contribution in [0.4, 0.5) is 0 Å². The molecule has 0 aliphatic rings. The highest BCUT2D eigenvalue weighted by Crippen LogP contribution is 2.35. The number of halogens is 2. The molecule has 0 amide bonds. The zero-order valence-electron chi connectivity index (χ0n) is 13.0. The van der Waals surface area contributed by atoms with Crippen LogP contribution in [0.2, 0.25) is 10.0 Å². The number of pyridine rings is 1. The zero-order valence-corrected chi connectivity index (χ0v) is 14.5. The molecule has 1 N–H and O–H groups in total. The van der Waals surface area contributed by atoms with Gasteiger partial charge in [-0.3, -0.25) is 4.98 Å². The van der Waals surface area contributed by atoms with E-state index >= 15 is 0 Å². The van der Waals surface area contributed by atoms with E-state index in [1.807, 2.05) is 31.2 Å². The van der Waals surface area contributed by atoms with Crippen LogP contribution < -0.4 is 0 Å². The molecule has 3 aromatic rings. The van der Waals surface area contributed by atoms with Crippen LogP contribution in [0.1, 0.15) is 29.3 Å². The number of aromatic hydroxyl groups is 1. The minimum Gasteiger partial charge on any atom is -0.507 e. The summed E-state index contributed by atoms with van der Waals surface area (Å²) < 4.78 is 0. The Morgan fingerprint density at radius 3 is 2.35 bits per heavy atom. The van der Waals surface area contributed by atoms with Crippen LogP contribution >= 0.6 is 23.2 Å². The molecule has 1 heterocycles. The van der Waals surface area contributed by atoms with E-state index in [9.17, 15) is 5.11 Å². The second-order valence-corrected chi connectivity index (χ2v) is 6.44. The van der Waals surface area contributed by atoms with Gasteiger partial charge in [-0.15, -0.1) is 0 Å². The first-order valence-electron chi connectivity index (χ1n) is 7.55. The minimum atomic E-state index is 0.228. The van der Waals surface area contributed by atoms with Crippen molar-refractivity contribution in [2.24, 2.45) is 0 Å². The molecule has 0 atom stereocenters. The number of aromatic nitrogens is 1. The van der Waals surface area contributed by atoms with Crippen LogP contribution in [0, 0.1) is 6.92 Å². The van der Waals surface area contributed by atoms with Crippen molar-refractivity contribution in [3.63, 3.8) is 0 Å². The Balaban J connectivity index is 2.22. The zero-order chi connectivity index (χ0) is 16.6. The van der Waals surface area contributed by atoms with Crippen molar-refractivity contribution in [3.05, 3.63) is 68.8 Å². The third-order valence-electron chi connectivity index (χ3n) is 4.14. The van der Waals surface area contributed by atoms with E-state index in [1.54, 1.807) is 12.1 Å². The van der Waals surface area contributed by atoms with E-state index in [2.05, 4.69) is 11.9 Å². The summed E-state index contributed by atoms with van der Waals surface area (Å²) in [5.41, 5.74) is 5.01. The SMILES string of the molecule is CCc1c(Cc2ccc(Cl)cc2)c(C)nc2c(Cl)ccc(O)c12. The van der Waals surface area contributed by atoms with Crippen LogP contribution in [0.5, 0.6) is 5.75 Å². The van der Waals surface area contributed by atoms with Gasteiger partial charge in [-0.25, -0.2) is 0 Å². The number of rotatable bonds is 3. The van der Waals surface area contributed by atoms with Gasteiger partial charge in [-0.2, -0.15) is 0 Å². The first-order valence-corrected chi connectivity index (χ1v) is 8.30. The monoisotopic (exact) mass is 345 g/mol. The fraction of sp³-hybridized carbons (Fsp3) is 0.211. The lowest BCUT2D eigenvalue weighted by Gasteiger charge is -2.16. The Bertz CT molecular complexity index is 873. The smallest absolute Gasteiger partial charge is 0.125 e. The van der Waals surface area contributed by atoms with E-state index in [0.29, 0.717) is 10.5 Å². The van der Waals surface area contributed by atoms with Crippen molar-refractivity contribution < 1.29 is 5.11 Å². The molecule has 0 aliphatic carbocycles. The molecule has 0 radical (unpaired) electrons. The molecule has 0 unspecified atom stereocenters. The average Bonchev–Trinajstić information content (AvgIpc) is 2.54. The van der Waals surface area contributed by atoms with Gasteiger partial charge in [0.2, 0.25) is 0 Å².